The number of benzene rings is 1. The van der Waals surface area contributed by atoms with E-state index in [0.29, 0.717) is 18.7 Å². The Kier molecular flexibility index (Phi) is 4.67. The average molecular weight is 288 g/mol. The maximum Gasteiger partial charge on any atom is 0.416 e. The van der Waals surface area contributed by atoms with E-state index in [9.17, 15) is 18.3 Å². The first-order valence-corrected chi connectivity index (χ1v) is 6.65. The summed E-state index contributed by atoms with van der Waals surface area (Å²) in [5.74, 6) is 0. The molecule has 0 aromatic heterocycles. The Morgan fingerprint density at radius 3 is 2.75 bits per heavy atom. The number of aliphatic hydroxyl groups is 1. The van der Waals surface area contributed by atoms with Crippen molar-refractivity contribution in [2.75, 3.05) is 26.7 Å². The molecule has 112 valence electrons. The van der Waals surface area contributed by atoms with Gasteiger partial charge < -0.3 is 10.4 Å². The number of hydrogen-bond acceptors (Lipinski definition) is 3. The highest BCUT2D eigenvalue weighted by atomic mass is 19.4. The fraction of sp³-hybridized carbons (Fsp3) is 0.571. The van der Waals surface area contributed by atoms with E-state index in [1.165, 1.54) is 12.1 Å². The van der Waals surface area contributed by atoms with Crippen LogP contribution in [0.15, 0.2) is 24.3 Å². The molecule has 2 rings (SSSR count). The van der Waals surface area contributed by atoms with Crippen molar-refractivity contribution in [1.82, 2.24) is 10.2 Å². The Balaban J connectivity index is 2.11. The van der Waals surface area contributed by atoms with Crippen LogP contribution in [-0.2, 0) is 6.18 Å². The molecule has 3 nitrogen and oxygen atoms in total. The number of likely N-dealkylation sites (tertiary alicyclic amines) is 1. The van der Waals surface area contributed by atoms with Gasteiger partial charge in [-0.15, -0.1) is 0 Å². The lowest BCUT2D eigenvalue weighted by molar-refractivity contribution is -0.137. The molecule has 1 saturated heterocycles. The molecule has 0 amide bonds. The zero-order valence-electron chi connectivity index (χ0n) is 11.3. The van der Waals surface area contributed by atoms with E-state index in [1.54, 1.807) is 13.1 Å². The smallest absolute Gasteiger partial charge is 0.392 e. The average Bonchev–Trinajstić information content (AvgIpc) is 2.81. The monoisotopic (exact) mass is 288 g/mol. The highest BCUT2D eigenvalue weighted by Crippen LogP contribution is 2.31. The van der Waals surface area contributed by atoms with E-state index in [1.807, 2.05) is 0 Å². The van der Waals surface area contributed by atoms with E-state index in [0.717, 1.165) is 19.0 Å². The third-order valence-corrected chi connectivity index (χ3v) is 3.65. The Bertz CT molecular complexity index is 450. The summed E-state index contributed by atoms with van der Waals surface area (Å²) in [6.45, 7) is 1.95. The van der Waals surface area contributed by atoms with Crippen LogP contribution in [0.4, 0.5) is 13.2 Å². The zero-order chi connectivity index (χ0) is 14.8. The largest absolute Gasteiger partial charge is 0.416 e. The molecule has 1 fully saturated rings. The van der Waals surface area contributed by atoms with Gasteiger partial charge in [0.1, 0.15) is 0 Å². The maximum atomic E-state index is 12.7. The van der Waals surface area contributed by atoms with Crippen molar-refractivity contribution < 1.29 is 18.3 Å². The summed E-state index contributed by atoms with van der Waals surface area (Å²) in [5.41, 5.74) is -0.0135. The van der Waals surface area contributed by atoms with Crippen LogP contribution < -0.4 is 5.32 Å². The first kappa shape index (κ1) is 15.3. The molecule has 2 atom stereocenters. The van der Waals surface area contributed by atoms with Gasteiger partial charge in [0.05, 0.1) is 11.7 Å². The van der Waals surface area contributed by atoms with E-state index in [4.69, 9.17) is 0 Å². The van der Waals surface area contributed by atoms with Crippen LogP contribution in [0, 0.1) is 0 Å². The van der Waals surface area contributed by atoms with Crippen LogP contribution in [0.3, 0.4) is 0 Å². The fourth-order valence-corrected chi connectivity index (χ4v) is 2.53. The van der Waals surface area contributed by atoms with Crippen molar-refractivity contribution in [2.24, 2.45) is 0 Å². The van der Waals surface area contributed by atoms with Gasteiger partial charge in [-0.1, -0.05) is 12.1 Å². The summed E-state index contributed by atoms with van der Waals surface area (Å²) >= 11 is 0. The van der Waals surface area contributed by atoms with Crippen LogP contribution in [0.25, 0.3) is 0 Å². The van der Waals surface area contributed by atoms with Gasteiger partial charge in [-0.3, -0.25) is 4.90 Å². The van der Waals surface area contributed by atoms with Gasteiger partial charge in [0.15, 0.2) is 0 Å². The molecule has 0 bridgehead atoms. The number of likely N-dealkylation sites (N-methyl/N-ethyl adjacent to an activating group) is 1. The summed E-state index contributed by atoms with van der Waals surface area (Å²) < 4.78 is 38.2. The van der Waals surface area contributed by atoms with E-state index < -0.39 is 11.7 Å². The molecule has 0 aliphatic carbocycles. The summed E-state index contributed by atoms with van der Waals surface area (Å²) in [7, 11) is 1.73. The Morgan fingerprint density at radius 2 is 2.20 bits per heavy atom. The number of halogens is 3. The second kappa shape index (κ2) is 6.11. The van der Waals surface area contributed by atoms with Crippen LogP contribution in [0.2, 0.25) is 0 Å². The normalized spacial score (nSPS) is 22.1. The minimum atomic E-state index is -4.32. The third-order valence-electron chi connectivity index (χ3n) is 3.65. The molecule has 2 N–H and O–H groups in total. The second-order valence-corrected chi connectivity index (χ2v) is 5.17. The predicted octanol–water partition coefficient (Wildman–Crippen LogP) is 2.03. The molecule has 1 aliphatic heterocycles. The van der Waals surface area contributed by atoms with Gasteiger partial charge in [0.25, 0.3) is 0 Å². The number of rotatable bonds is 4. The summed E-state index contributed by atoms with van der Waals surface area (Å²) in [6, 6.07) is 5.22. The van der Waals surface area contributed by atoms with Crippen molar-refractivity contribution in [2.45, 2.75) is 24.7 Å². The highest BCUT2D eigenvalue weighted by molar-refractivity contribution is 5.28. The molecule has 0 saturated carbocycles. The van der Waals surface area contributed by atoms with Crippen molar-refractivity contribution in [3.63, 3.8) is 0 Å². The fourth-order valence-electron chi connectivity index (χ4n) is 2.53. The molecule has 1 aromatic carbocycles. The third kappa shape index (κ3) is 3.71. The van der Waals surface area contributed by atoms with Gasteiger partial charge in [-0.2, -0.15) is 13.2 Å². The van der Waals surface area contributed by atoms with Gasteiger partial charge >= 0.3 is 6.18 Å². The molecule has 1 aliphatic rings. The van der Waals surface area contributed by atoms with E-state index in [-0.39, 0.29) is 12.1 Å². The number of nitrogens with zero attached hydrogens (tertiary/aromatic N) is 1. The lowest BCUT2D eigenvalue weighted by Gasteiger charge is -2.24. The van der Waals surface area contributed by atoms with Crippen molar-refractivity contribution >= 4 is 0 Å². The highest BCUT2D eigenvalue weighted by Gasteiger charge is 2.31. The zero-order valence-corrected chi connectivity index (χ0v) is 11.3. The maximum absolute atomic E-state index is 12.7. The van der Waals surface area contributed by atoms with Crippen LogP contribution in [0.1, 0.15) is 23.6 Å². The number of alkyl halides is 3. The number of hydrogen-bond donors (Lipinski definition) is 2. The molecule has 0 spiro atoms. The second-order valence-electron chi connectivity index (χ2n) is 5.17. The molecule has 0 unspecified atom stereocenters. The van der Waals surface area contributed by atoms with Crippen LogP contribution in [0.5, 0.6) is 0 Å². The topological polar surface area (TPSA) is 35.5 Å². The van der Waals surface area contributed by atoms with Crippen molar-refractivity contribution in [3.05, 3.63) is 35.4 Å². The summed E-state index contributed by atoms with van der Waals surface area (Å²) in [5, 5.41) is 12.5. The minimum Gasteiger partial charge on any atom is -0.392 e. The molecule has 0 radical (unpaired) electrons. The van der Waals surface area contributed by atoms with E-state index in [2.05, 4.69) is 10.2 Å². The standard InChI is InChI=1S/C14H19F3N2O/c1-18-13(9-19-6-5-12(20)8-19)10-3-2-4-11(7-10)14(15,16)17/h2-4,7,12-13,18,20H,5-6,8-9H2,1H3/t12-,13-/m0/s1. The Hall–Kier alpha value is -1.11. The molecular weight excluding hydrogens is 269 g/mol. The lowest BCUT2D eigenvalue weighted by Crippen LogP contribution is -2.33. The number of aliphatic hydroxyl groups excluding tert-OH is 1. The summed E-state index contributed by atoms with van der Waals surface area (Å²) in [6.07, 6.45) is -3.93. The van der Waals surface area contributed by atoms with Gasteiger partial charge in [0, 0.05) is 25.7 Å². The lowest BCUT2D eigenvalue weighted by atomic mass is 10.0. The quantitative estimate of drug-likeness (QED) is 0.890. The molecule has 1 aromatic rings. The van der Waals surface area contributed by atoms with Crippen LogP contribution in [-0.4, -0.2) is 42.8 Å². The molecule has 6 heteroatoms. The minimum absolute atomic E-state index is 0.178. The first-order valence-electron chi connectivity index (χ1n) is 6.65. The van der Waals surface area contributed by atoms with Crippen LogP contribution >= 0.6 is 0 Å². The van der Waals surface area contributed by atoms with Gasteiger partial charge in [-0.05, 0) is 31.2 Å². The van der Waals surface area contributed by atoms with Gasteiger partial charge in [0.2, 0.25) is 0 Å². The van der Waals surface area contributed by atoms with E-state index >= 15 is 0 Å². The predicted molar refractivity (Wildman–Crippen MR) is 70.3 cm³/mol. The Morgan fingerprint density at radius 1 is 1.45 bits per heavy atom. The first-order chi connectivity index (χ1) is 9.40. The summed E-state index contributed by atoms with van der Waals surface area (Å²) in [4.78, 5) is 2.06. The van der Waals surface area contributed by atoms with Gasteiger partial charge in [-0.25, -0.2) is 0 Å². The number of β-amino-alcohol motifs (C(OH)–C–C–N with tert-alkyl or cyclic N) is 1. The number of nitrogens with one attached hydrogen (secondary N) is 1. The molecule has 1 heterocycles. The van der Waals surface area contributed by atoms with Crippen molar-refractivity contribution in [3.8, 4) is 0 Å². The Labute approximate surface area is 116 Å². The molecule has 20 heavy (non-hydrogen) atoms. The SMILES string of the molecule is CN[C@@H](CN1CC[C@H](O)C1)c1cccc(C(F)(F)F)c1. The van der Waals surface area contributed by atoms with Crippen molar-refractivity contribution in [1.29, 1.82) is 0 Å². The molecular formula is C14H19F3N2O.